The van der Waals surface area contributed by atoms with Gasteiger partial charge in [0.1, 0.15) is 0 Å². The van der Waals surface area contributed by atoms with Gasteiger partial charge in [-0.2, -0.15) is 0 Å². The highest BCUT2D eigenvalue weighted by molar-refractivity contribution is 9.10. The van der Waals surface area contributed by atoms with E-state index in [1.165, 1.54) is 12.0 Å². The molecule has 1 saturated heterocycles. The minimum Gasteiger partial charge on any atom is -0.326 e. The van der Waals surface area contributed by atoms with Crippen LogP contribution in [0.4, 0.5) is 0 Å². The molecule has 0 spiro atoms. The second-order valence-corrected chi connectivity index (χ2v) is 6.59. The van der Waals surface area contributed by atoms with Crippen LogP contribution in [-0.2, 0) is 0 Å². The van der Waals surface area contributed by atoms with Crippen molar-refractivity contribution in [3.8, 4) is 0 Å². The van der Waals surface area contributed by atoms with Crippen LogP contribution in [0.3, 0.4) is 0 Å². The lowest BCUT2D eigenvalue weighted by atomic mass is 9.92. The molecule has 1 aromatic carbocycles. The Labute approximate surface area is 123 Å². The molecule has 0 amide bonds. The lowest BCUT2D eigenvalue weighted by molar-refractivity contribution is 0.128. The van der Waals surface area contributed by atoms with E-state index in [1.807, 2.05) is 12.1 Å². The van der Waals surface area contributed by atoms with Crippen LogP contribution in [0.5, 0.6) is 0 Å². The Hall–Kier alpha value is -0.0900. The number of likely N-dealkylation sites (tertiary alicyclic amines) is 1. The lowest BCUT2D eigenvalue weighted by Gasteiger charge is -2.39. The highest BCUT2D eigenvalue weighted by Crippen LogP contribution is 2.31. The van der Waals surface area contributed by atoms with E-state index < -0.39 is 0 Å². The van der Waals surface area contributed by atoms with E-state index >= 15 is 0 Å². The van der Waals surface area contributed by atoms with Crippen molar-refractivity contribution in [2.75, 3.05) is 13.1 Å². The minimum absolute atomic E-state index is 0.274. The third-order valence-electron chi connectivity index (χ3n) is 4.01. The Kier molecular flexibility index (Phi) is 4.70. The summed E-state index contributed by atoms with van der Waals surface area (Å²) in [6.45, 7) is 6.49. The molecule has 1 aliphatic heterocycles. The van der Waals surface area contributed by atoms with Crippen LogP contribution in [0.25, 0.3) is 0 Å². The molecule has 0 saturated carbocycles. The van der Waals surface area contributed by atoms with Crippen molar-refractivity contribution >= 4 is 27.5 Å². The first-order chi connectivity index (χ1) is 8.49. The standard InChI is InChI=1S/C14H20BrClN2/c1-9-5-6-18(8-14(9)17)10(2)12-4-3-11(15)7-13(12)16/h3-4,7,9-10,14H,5-6,8,17H2,1-2H3. The predicted molar refractivity (Wildman–Crippen MR) is 80.9 cm³/mol. The van der Waals surface area contributed by atoms with Crippen molar-refractivity contribution in [2.24, 2.45) is 11.7 Å². The van der Waals surface area contributed by atoms with Gasteiger partial charge in [0.25, 0.3) is 0 Å². The van der Waals surface area contributed by atoms with Gasteiger partial charge in [-0.3, -0.25) is 4.90 Å². The highest BCUT2D eigenvalue weighted by Gasteiger charge is 2.27. The molecule has 3 unspecified atom stereocenters. The largest absolute Gasteiger partial charge is 0.326 e. The molecule has 2 N–H and O–H groups in total. The second kappa shape index (κ2) is 5.91. The van der Waals surface area contributed by atoms with Gasteiger partial charge in [-0.1, -0.05) is 40.5 Å². The molecule has 1 aromatic rings. The smallest absolute Gasteiger partial charge is 0.0464 e. The fourth-order valence-electron chi connectivity index (χ4n) is 2.51. The van der Waals surface area contributed by atoms with Crippen molar-refractivity contribution in [1.29, 1.82) is 0 Å². The molecule has 0 bridgehead atoms. The van der Waals surface area contributed by atoms with E-state index in [4.69, 9.17) is 17.3 Å². The summed E-state index contributed by atoms with van der Waals surface area (Å²) < 4.78 is 1.02. The number of nitrogens with two attached hydrogens (primary N) is 1. The fraction of sp³-hybridized carbons (Fsp3) is 0.571. The van der Waals surface area contributed by atoms with Crippen molar-refractivity contribution in [3.05, 3.63) is 33.3 Å². The van der Waals surface area contributed by atoms with E-state index in [2.05, 4.69) is 40.7 Å². The Morgan fingerprint density at radius 1 is 1.50 bits per heavy atom. The van der Waals surface area contributed by atoms with Crippen LogP contribution < -0.4 is 5.73 Å². The number of piperidine rings is 1. The highest BCUT2D eigenvalue weighted by atomic mass is 79.9. The molecular weight excluding hydrogens is 312 g/mol. The Bertz CT molecular complexity index is 424. The van der Waals surface area contributed by atoms with E-state index in [-0.39, 0.29) is 6.04 Å². The first-order valence-corrected chi connectivity index (χ1v) is 7.60. The van der Waals surface area contributed by atoms with E-state index in [1.54, 1.807) is 0 Å². The van der Waals surface area contributed by atoms with Crippen LogP contribution in [0.1, 0.15) is 31.9 Å². The molecule has 2 rings (SSSR count). The summed E-state index contributed by atoms with van der Waals surface area (Å²) in [6.07, 6.45) is 1.17. The maximum Gasteiger partial charge on any atom is 0.0464 e. The summed E-state index contributed by atoms with van der Waals surface area (Å²) in [4.78, 5) is 2.43. The van der Waals surface area contributed by atoms with Crippen LogP contribution in [0.2, 0.25) is 5.02 Å². The third-order valence-corrected chi connectivity index (χ3v) is 4.83. The zero-order chi connectivity index (χ0) is 13.3. The van der Waals surface area contributed by atoms with Crippen LogP contribution in [0.15, 0.2) is 22.7 Å². The average molecular weight is 332 g/mol. The molecule has 0 radical (unpaired) electrons. The topological polar surface area (TPSA) is 29.3 Å². The molecule has 0 aromatic heterocycles. The maximum atomic E-state index is 6.32. The van der Waals surface area contributed by atoms with Gasteiger partial charge in [0.2, 0.25) is 0 Å². The summed E-state index contributed by atoms with van der Waals surface area (Å²) in [5.74, 6) is 0.619. The van der Waals surface area contributed by atoms with Crippen molar-refractivity contribution < 1.29 is 0 Å². The molecular formula is C14H20BrClN2. The number of hydrogen-bond acceptors (Lipinski definition) is 2. The fourth-order valence-corrected chi connectivity index (χ4v) is 3.35. The quantitative estimate of drug-likeness (QED) is 0.892. The first-order valence-electron chi connectivity index (χ1n) is 6.43. The number of nitrogens with zero attached hydrogens (tertiary/aromatic N) is 1. The second-order valence-electron chi connectivity index (χ2n) is 5.27. The Balaban J connectivity index is 2.13. The van der Waals surface area contributed by atoms with Crippen molar-refractivity contribution in [1.82, 2.24) is 4.90 Å². The summed E-state index contributed by atoms with van der Waals surface area (Å²) in [7, 11) is 0. The molecule has 3 atom stereocenters. The summed E-state index contributed by atoms with van der Waals surface area (Å²) >= 11 is 9.76. The molecule has 1 aliphatic rings. The van der Waals surface area contributed by atoms with Crippen LogP contribution >= 0.6 is 27.5 Å². The van der Waals surface area contributed by atoms with Gasteiger partial charge in [0.05, 0.1) is 0 Å². The first kappa shape index (κ1) is 14.3. The normalized spacial score (nSPS) is 27.2. The zero-order valence-electron chi connectivity index (χ0n) is 10.9. The summed E-state index contributed by atoms with van der Waals surface area (Å²) in [5.41, 5.74) is 7.35. The van der Waals surface area contributed by atoms with E-state index in [0.29, 0.717) is 12.0 Å². The molecule has 0 aliphatic carbocycles. The summed E-state index contributed by atoms with van der Waals surface area (Å²) in [6, 6.07) is 6.70. The average Bonchev–Trinajstić information content (AvgIpc) is 2.32. The maximum absolute atomic E-state index is 6.32. The monoisotopic (exact) mass is 330 g/mol. The molecule has 1 heterocycles. The molecule has 100 valence electrons. The van der Waals surface area contributed by atoms with Gasteiger partial charge >= 0.3 is 0 Å². The van der Waals surface area contributed by atoms with Crippen LogP contribution in [0, 0.1) is 5.92 Å². The third kappa shape index (κ3) is 3.08. The summed E-state index contributed by atoms with van der Waals surface area (Å²) in [5, 5.41) is 0.823. The molecule has 2 nitrogen and oxygen atoms in total. The van der Waals surface area contributed by atoms with Crippen molar-refractivity contribution in [2.45, 2.75) is 32.4 Å². The number of halogens is 2. The van der Waals surface area contributed by atoms with Gasteiger partial charge in [-0.15, -0.1) is 0 Å². The van der Waals surface area contributed by atoms with E-state index in [9.17, 15) is 0 Å². The van der Waals surface area contributed by atoms with Gasteiger partial charge in [0, 0.05) is 28.1 Å². The Morgan fingerprint density at radius 3 is 2.83 bits per heavy atom. The molecule has 18 heavy (non-hydrogen) atoms. The SMILES string of the molecule is CC1CCN(C(C)c2ccc(Br)cc2Cl)CC1N. The van der Waals surface area contributed by atoms with Gasteiger partial charge < -0.3 is 5.73 Å². The van der Waals surface area contributed by atoms with Gasteiger partial charge in [0.15, 0.2) is 0 Å². The number of benzene rings is 1. The number of hydrogen-bond donors (Lipinski definition) is 1. The van der Waals surface area contributed by atoms with Crippen LogP contribution in [-0.4, -0.2) is 24.0 Å². The number of rotatable bonds is 2. The Morgan fingerprint density at radius 2 is 2.22 bits per heavy atom. The predicted octanol–water partition coefficient (Wildman–Crippen LogP) is 3.83. The molecule has 1 fully saturated rings. The van der Waals surface area contributed by atoms with Gasteiger partial charge in [-0.05, 0) is 43.5 Å². The minimum atomic E-state index is 0.274. The molecule has 4 heteroatoms. The van der Waals surface area contributed by atoms with Crippen molar-refractivity contribution in [3.63, 3.8) is 0 Å². The van der Waals surface area contributed by atoms with Gasteiger partial charge in [-0.25, -0.2) is 0 Å². The zero-order valence-corrected chi connectivity index (χ0v) is 13.2. The lowest BCUT2D eigenvalue weighted by Crippen LogP contribution is -2.48. The van der Waals surface area contributed by atoms with E-state index in [0.717, 1.165) is 22.6 Å².